The molecule has 0 amide bonds. The van der Waals surface area contributed by atoms with Crippen molar-refractivity contribution in [2.24, 2.45) is 5.92 Å². The summed E-state index contributed by atoms with van der Waals surface area (Å²) >= 11 is 5.73. The van der Waals surface area contributed by atoms with E-state index in [9.17, 15) is 5.11 Å². The van der Waals surface area contributed by atoms with Crippen molar-refractivity contribution in [3.8, 4) is 0 Å². The van der Waals surface area contributed by atoms with E-state index >= 15 is 0 Å². The zero-order chi connectivity index (χ0) is 11.7. The summed E-state index contributed by atoms with van der Waals surface area (Å²) in [5.74, 6) is 0.931. The molecule has 0 radical (unpaired) electrons. The quantitative estimate of drug-likeness (QED) is 0.717. The molecule has 2 unspecified atom stereocenters. The highest BCUT2D eigenvalue weighted by molar-refractivity contribution is 6.28. The molecule has 0 aliphatic carbocycles. The molecule has 88 valence electrons. The summed E-state index contributed by atoms with van der Waals surface area (Å²) in [7, 11) is 0. The first-order valence-corrected chi connectivity index (χ1v) is 5.66. The van der Waals surface area contributed by atoms with E-state index in [0.717, 1.165) is 13.0 Å². The number of β-amino-alcohol motifs (C(OH)–C–C–N with tert-alkyl or cyclic N) is 1. The van der Waals surface area contributed by atoms with Crippen molar-refractivity contribution in [1.82, 2.24) is 9.97 Å². The Morgan fingerprint density at radius 3 is 3.06 bits per heavy atom. The zero-order valence-electron chi connectivity index (χ0n) is 9.10. The van der Waals surface area contributed by atoms with Gasteiger partial charge in [0.05, 0.1) is 18.0 Å². The largest absolute Gasteiger partial charge is 0.394 e. The van der Waals surface area contributed by atoms with Crippen molar-refractivity contribution in [2.45, 2.75) is 19.4 Å². The van der Waals surface area contributed by atoms with Gasteiger partial charge in [0.1, 0.15) is 0 Å². The number of aliphatic hydroxyl groups is 1. The van der Waals surface area contributed by atoms with E-state index in [4.69, 9.17) is 17.3 Å². The molecule has 3 N–H and O–H groups in total. The second kappa shape index (κ2) is 4.43. The number of nitrogens with zero attached hydrogens (tertiary/aromatic N) is 3. The summed E-state index contributed by atoms with van der Waals surface area (Å²) in [6.45, 7) is 3.41. The van der Waals surface area contributed by atoms with Crippen LogP contribution < -0.4 is 10.6 Å². The third-order valence-corrected chi connectivity index (χ3v) is 3.17. The summed E-state index contributed by atoms with van der Waals surface area (Å²) in [6, 6.07) is 0. The number of rotatable bonds is 1. The number of anilines is 2. The maximum absolute atomic E-state index is 9.81. The number of aliphatic hydroxyl groups excluding tert-OH is 1. The second-order valence-electron chi connectivity index (χ2n) is 4.20. The van der Waals surface area contributed by atoms with E-state index in [1.165, 1.54) is 6.20 Å². The van der Waals surface area contributed by atoms with Gasteiger partial charge in [0.25, 0.3) is 0 Å². The maximum Gasteiger partial charge on any atom is 0.224 e. The minimum absolute atomic E-state index is 0.178. The highest BCUT2D eigenvalue weighted by Gasteiger charge is 2.26. The van der Waals surface area contributed by atoms with Crippen LogP contribution in [0.2, 0.25) is 5.28 Å². The molecular weight excluding hydrogens is 228 g/mol. The van der Waals surface area contributed by atoms with Crippen LogP contribution in [0.1, 0.15) is 13.3 Å². The lowest BCUT2D eigenvalue weighted by atomic mass is 9.96. The molecule has 2 rings (SSSR count). The smallest absolute Gasteiger partial charge is 0.224 e. The normalized spacial score (nSPS) is 25.8. The van der Waals surface area contributed by atoms with E-state index in [-0.39, 0.29) is 11.4 Å². The Bertz CT molecular complexity index is 387. The molecule has 16 heavy (non-hydrogen) atoms. The van der Waals surface area contributed by atoms with Crippen LogP contribution in [0.15, 0.2) is 6.20 Å². The van der Waals surface area contributed by atoms with Gasteiger partial charge in [-0.25, -0.2) is 4.98 Å². The Labute approximate surface area is 99.3 Å². The van der Waals surface area contributed by atoms with Crippen molar-refractivity contribution >= 4 is 23.1 Å². The number of hydrogen-bond acceptors (Lipinski definition) is 5. The van der Waals surface area contributed by atoms with Crippen LogP contribution in [0.5, 0.6) is 0 Å². The van der Waals surface area contributed by atoms with Gasteiger partial charge in [0.2, 0.25) is 5.28 Å². The fraction of sp³-hybridized carbons (Fsp3) is 0.600. The molecule has 1 aliphatic rings. The van der Waals surface area contributed by atoms with Gasteiger partial charge >= 0.3 is 0 Å². The average Bonchev–Trinajstić information content (AvgIpc) is 2.26. The number of hydrogen-bond donors (Lipinski definition) is 2. The van der Waals surface area contributed by atoms with Crippen LogP contribution in [-0.2, 0) is 0 Å². The Morgan fingerprint density at radius 2 is 2.38 bits per heavy atom. The molecule has 1 aromatic heterocycles. The van der Waals surface area contributed by atoms with Crippen LogP contribution in [-0.4, -0.2) is 34.3 Å². The molecule has 0 spiro atoms. The van der Waals surface area contributed by atoms with E-state index in [2.05, 4.69) is 9.97 Å². The summed E-state index contributed by atoms with van der Waals surface area (Å²) in [5.41, 5.74) is 6.29. The molecule has 0 aromatic carbocycles. The molecule has 5 nitrogen and oxygen atoms in total. The topological polar surface area (TPSA) is 75.3 Å². The van der Waals surface area contributed by atoms with Crippen LogP contribution in [0.4, 0.5) is 11.5 Å². The fourth-order valence-corrected chi connectivity index (χ4v) is 1.98. The van der Waals surface area contributed by atoms with Gasteiger partial charge in [-0.3, -0.25) is 0 Å². The van der Waals surface area contributed by atoms with Crippen LogP contribution in [0, 0.1) is 5.92 Å². The lowest BCUT2D eigenvalue weighted by Gasteiger charge is -2.35. The summed E-state index contributed by atoms with van der Waals surface area (Å²) in [6.07, 6.45) is 2.07. The number of aromatic nitrogens is 2. The molecule has 1 fully saturated rings. The lowest BCUT2D eigenvalue weighted by molar-refractivity contribution is 0.102. The molecule has 0 bridgehead atoms. The third-order valence-electron chi connectivity index (χ3n) is 2.98. The second-order valence-corrected chi connectivity index (χ2v) is 4.54. The van der Waals surface area contributed by atoms with Crippen molar-refractivity contribution in [3.05, 3.63) is 11.5 Å². The van der Waals surface area contributed by atoms with E-state index < -0.39 is 0 Å². The van der Waals surface area contributed by atoms with Crippen LogP contribution in [0.3, 0.4) is 0 Å². The van der Waals surface area contributed by atoms with Gasteiger partial charge in [0, 0.05) is 13.1 Å². The zero-order valence-corrected chi connectivity index (χ0v) is 9.85. The van der Waals surface area contributed by atoms with Crippen molar-refractivity contribution in [1.29, 1.82) is 0 Å². The monoisotopic (exact) mass is 242 g/mol. The average molecular weight is 243 g/mol. The van der Waals surface area contributed by atoms with Gasteiger partial charge in [-0.2, -0.15) is 4.98 Å². The number of halogens is 1. The van der Waals surface area contributed by atoms with Crippen molar-refractivity contribution < 1.29 is 5.11 Å². The standard InChI is InChI=1S/C10H15ClN4O/c1-6-2-3-15(5-8(6)16)9-7(12)4-13-10(11)14-9/h4,6,8,16H,2-3,5,12H2,1H3. The highest BCUT2D eigenvalue weighted by atomic mass is 35.5. The molecule has 2 atom stereocenters. The molecular formula is C10H15ClN4O. The Hall–Kier alpha value is -1.07. The van der Waals surface area contributed by atoms with Crippen molar-refractivity contribution in [2.75, 3.05) is 23.7 Å². The molecule has 2 heterocycles. The molecule has 1 aromatic rings. The summed E-state index contributed by atoms with van der Waals surface area (Å²) in [4.78, 5) is 9.86. The molecule has 1 saturated heterocycles. The molecule has 1 aliphatic heterocycles. The van der Waals surface area contributed by atoms with E-state index in [0.29, 0.717) is 24.0 Å². The maximum atomic E-state index is 9.81. The van der Waals surface area contributed by atoms with E-state index in [1.807, 2.05) is 11.8 Å². The SMILES string of the molecule is CC1CCN(c2nc(Cl)ncc2N)CC1O. The Morgan fingerprint density at radius 1 is 1.62 bits per heavy atom. The van der Waals surface area contributed by atoms with Gasteiger partial charge in [0.15, 0.2) is 5.82 Å². The summed E-state index contributed by atoms with van der Waals surface area (Å²) < 4.78 is 0. The van der Waals surface area contributed by atoms with Crippen LogP contribution >= 0.6 is 11.6 Å². The predicted molar refractivity (Wildman–Crippen MR) is 63.5 cm³/mol. The van der Waals surface area contributed by atoms with Gasteiger partial charge < -0.3 is 15.7 Å². The first-order valence-electron chi connectivity index (χ1n) is 5.29. The van der Waals surface area contributed by atoms with Gasteiger partial charge in [-0.1, -0.05) is 6.92 Å². The number of piperidine rings is 1. The first kappa shape index (κ1) is 11.4. The fourth-order valence-electron chi connectivity index (χ4n) is 1.86. The van der Waals surface area contributed by atoms with Crippen LogP contribution in [0.25, 0.3) is 0 Å². The number of nitrogens with two attached hydrogens (primary N) is 1. The Balaban J connectivity index is 2.21. The van der Waals surface area contributed by atoms with Gasteiger partial charge in [-0.15, -0.1) is 0 Å². The minimum Gasteiger partial charge on any atom is -0.394 e. The minimum atomic E-state index is -0.345. The molecule has 0 saturated carbocycles. The van der Waals surface area contributed by atoms with Crippen molar-refractivity contribution in [3.63, 3.8) is 0 Å². The molecule has 6 heteroatoms. The number of nitrogen functional groups attached to an aromatic ring is 1. The Kier molecular flexibility index (Phi) is 3.16. The van der Waals surface area contributed by atoms with Gasteiger partial charge in [-0.05, 0) is 23.9 Å². The predicted octanol–water partition coefficient (Wildman–Crippen LogP) is 0.919. The van der Waals surface area contributed by atoms with E-state index in [1.54, 1.807) is 0 Å². The third kappa shape index (κ3) is 2.20. The first-order chi connectivity index (χ1) is 7.58. The highest BCUT2D eigenvalue weighted by Crippen LogP contribution is 2.26. The lowest BCUT2D eigenvalue weighted by Crippen LogP contribution is -2.43. The summed E-state index contributed by atoms with van der Waals surface area (Å²) in [5, 5.41) is 9.99.